The van der Waals surface area contributed by atoms with E-state index >= 15 is 0 Å². The maximum Gasteiger partial charge on any atom is 0.327 e. The molecule has 1 saturated heterocycles. The van der Waals surface area contributed by atoms with Crippen LogP contribution in [0.15, 0.2) is 18.3 Å². The van der Waals surface area contributed by atoms with Crippen molar-refractivity contribution in [2.75, 3.05) is 11.6 Å². The average Bonchev–Trinajstić information content (AvgIpc) is 2.87. The van der Waals surface area contributed by atoms with E-state index in [1.807, 2.05) is 19.1 Å². The number of aliphatic carboxylic acids is 1. The van der Waals surface area contributed by atoms with Gasteiger partial charge in [-0.25, -0.2) is 9.59 Å². The molecule has 1 aliphatic heterocycles. The smallest absolute Gasteiger partial charge is 0.327 e. The zero-order chi connectivity index (χ0) is 13.8. The van der Waals surface area contributed by atoms with Crippen LogP contribution in [0.25, 0.3) is 0 Å². The fraction of sp³-hybridized carbons (Fsp3) is 0.417. The molecular weight excluding hydrogens is 266 g/mol. The molecule has 0 bridgehead atoms. The Hall–Kier alpha value is -1.76. The highest BCUT2D eigenvalue weighted by atomic mass is 32.2. The minimum Gasteiger partial charge on any atom is -0.480 e. The van der Waals surface area contributed by atoms with Gasteiger partial charge in [-0.15, -0.1) is 11.8 Å². The molecule has 2 amide bonds. The first-order valence-corrected chi connectivity index (χ1v) is 7.00. The van der Waals surface area contributed by atoms with Crippen LogP contribution in [0.2, 0.25) is 0 Å². The number of pyridine rings is 1. The van der Waals surface area contributed by atoms with Crippen LogP contribution < -0.4 is 5.32 Å². The Morgan fingerprint density at radius 1 is 1.58 bits per heavy atom. The molecule has 0 aliphatic carbocycles. The van der Waals surface area contributed by atoms with Crippen LogP contribution in [0.5, 0.6) is 0 Å². The van der Waals surface area contributed by atoms with E-state index in [2.05, 4.69) is 10.3 Å². The van der Waals surface area contributed by atoms with Gasteiger partial charge in [-0.05, 0) is 18.6 Å². The average molecular weight is 281 g/mol. The van der Waals surface area contributed by atoms with Crippen molar-refractivity contribution in [2.24, 2.45) is 0 Å². The number of thioether (sulfide) groups is 1. The normalized spacial score (nSPS) is 18.4. The lowest BCUT2D eigenvalue weighted by Gasteiger charge is -2.20. The summed E-state index contributed by atoms with van der Waals surface area (Å²) in [4.78, 5) is 28.4. The van der Waals surface area contributed by atoms with Gasteiger partial charge in [0.2, 0.25) is 0 Å². The maximum absolute atomic E-state index is 11.9. The Labute approximate surface area is 115 Å². The molecule has 2 rings (SSSR count). The minimum atomic E-state index is -0.961. The topological polar surface area (TPSA) is 82.5 Å². The highest BCUT2D eigenvalue weighted by Crippen LogP contribution is 2.20. The van der Waals surface area contributed by atoms with Crippen molar-refractivity contribution >= 4 is 23.8 Å². The lowest BCUT2D eigenvalue weighted by atomic mass is 10.2. The van der Waals surface area contributed by atoms with E-state index in [0.717, 1.165) is 11.3 Å². The molecule has 0 radical (unpaired) electrons. The monoisotopic (exact) mass is 281 g/mol. The molecule has 7 heteroatoms. The Kier molecular flexibility index (Phi) is 4.26. The van der Waals surface area contributed by atoms with Gasteiger partial charge < -0.3 is 15.3 Å². The van der Waals surface area contributed by atoms with E-state index in [1.54, 1.807) is 6.20 Å². The zero-order valence-electron chi connectivity index (χ0n) is 10.5. The number of amides is 2. The van der Waals surface area contributed by atoms with Gasteiger partial charge >= 0.3 is 12.0 Å². The summed E-state index contributed by atoms with van der Waals surface area (Å²) in [6.45, 7) is 2.24. The van der Waals surface area contributed by atoms with Crippen LogP contribution in [-0.2, 0) is 11.3 Å². The highest BCUT2D eigenvalue weighted by Gasteiger charge is 2.34. The number of carboxylic acids is 1. The molecule has 0 saturated carbocycles. The van der Waals surface area contributed by atoms with Gasteiger partial charge in [-0.2, -0.15) is 0 Å². The number of carboxylic acid groups (broad SMARTS) is 1. The molecule has 0 aromatic carbocycles. The summed E-state index contributed by atoms with van der Waals surface area (Å²) in [5.74, 6) is -0.110. The largest absolute Gasteiger partial charge is 0.480 e. The molecule has 1 aromatic rings. The van der Waals surface area contributed by atoms with E-state index < -0.39 is 12.0 Å². The number of rotatable bonds is 3. The van der Waals surface area contributed by atoms with Crippen LogP contribution in [0.3, 0.4) is 0 Å². The van der Waals surface area contributed by atoms with Gasteiger partial charge in [0, 0.05) is 24.2 Å². The first-order valence-electron chi connectivity index (χ1n) is 5.84. The third-order valence-corrected chi connectivity index (χ3v) is 3.86. The predicted octanol–water partition coefficient (Wildman–Crippen LogP) is 1.06. The fourth-order valence-electron chi connectivity index (χ4n) is 1.73. The molecule has 19 heavy (non-hydrogen) atoms. The second-order valence-electron chi connectivity index (χ2n) is 4.29. The van der Waals surface area contributed by atoms with Crippen molar-refractivity contribution in [1.82, 2.24) is 15.2 Å². The first-order chi connectivity index (χ1) is 9.08. The van der Waals surface area contributed by atoms with Crippen molar-refractivity contribution in [1.29, 1.82) is 0 Å². The molecule has 102 valence electrons. The van der Waals surface area contributed by atoms with Gasteiger partial charge in [0.1, 0.15) is 6.04 Å². The number of urea groups is 1. The molecule has 1 aliphatic rings. The zero-order valence-corrected chi connectivity index (χ0v) is 11.3. The lowest BCUT2D eigenvalue weighted by Crippen LogP contribution is -2.46. The van der Waals surface area contributed by atoms with E-state index in [0.29, 0.717) is 18.2 Å². The van der Waals surface area contributed by atoms with Crippen molar-refractivity contribution in [3.8, 4) is 0 Å². The van der Waals surface area contributed by atoms with Crippen LogP contribution in [0, 0.1) is 6.92 Å². The summed E-state index contributed by atoms with van der Waals surface area (Å²) in [5, 5.41) is 11.7. The van der Waals surface area contributed by atoms with Gasteiger partial charge in [0.15, 0.2) is 0 Å². The second-order valence-corrected chi connectivity index (χ2v) is 5.29. The van der Waals surface area contributed by atoms with Crippen molar-refractivity contribution in [3.63, 3.8) is 0 Å². The van der Waals surface area contributed by atoms with Crippen LogP contribution in [-0.4, -0.2) is 44.7 Å². The second kappa shape index (κ2) is 5.92. The molecule has 2 N–H and O–H groups in total. The Morgan fingerprint density at radius 2 is 2.37 bits per heavy atom. The van der Waals surface area contributed by atoms with Gasteiger partial charge in [-0.1, -0.05) is 6.07 Å². The molecule has 6 nitrogen and oxygen atoms in total. The molecule has 2 heterocycles. The minimum absolute atomic E-state index is 0.347. The van der Waals surface area contributed by atoms with E-state index in [1.165, 1.54) is 16.7 Å². The lowest BCUT2D eigenvalue weighted by molar-refractivity contribution is -0.140. The van der Waals surface area contributed by atoms with Crippen LogP contribution >= 0.6 is 11.8 Å². The van der Waals surface area contributed by atoms with Gasteiger partial charge in [-0.3, -0.25) is 4.98 Å². The molecule has 1 atom stereocenters. The number of nitrogens with one attached hydrogen (secondary N) is 1. The number of carbonyl (C=O) groups is 2. The summed E-state index contributed by atoms with van der Waals surface area (Å²) >= 11 is 1.44. The Bertz CT molecular complexity index is 478. The van der Waals surface area contributed by atoms with Gasteiger partial charge in [0.25, 0.3) is 0 Å². The third kappa shape index (κ3) is 3.37. The van der Waals surface area contributed by atoms with E-state index in [4.69, 9.17) is 5.11 Å². The summed E-state index contributed by atoms with van der Waals surface area (Å²) in [6, 6.07) is 2.67. The SMILES string of the molecule is Cc1ccc(CNC(=O)N2CSCC2C(=O)O)cn1. The third-order valence-electron chi connectivity index (χ3n) is 2.84. The molecular formula is C12H15N3O3S. The highest BCUT2D eigenvalue weighted by molar-refractivity contribution is 7.99. The summed E-state index contributed by atoms with van der Waals surface area (Å²) in [6.07, 6.45) is 1.70. The first kappa shape index (κ1) is 13.7. The van der Waals surface area contributed by atoms with Crippen molar-refractivity contribution < 1.29 is 14.7 Å². The van der Waals surface area contributed by atoms with E-state index in [-0.39, 0.29) is 6.03 Å². The predicted molar refractivity (Wildman–Crippen MR) is 71.8 cm³/mol. The molecule has 1 fully saturated rings. The summed E-state index contributed by atoms with van der Waals surface area (Å²) < 4.78 is 0. The number of aryl methyl sites for hydroxylation is 1. The molecule has 0 spiro atoms. The number of hydrogen-bond donors (Lipinski definition) is 2. The summed E-state index contributed by atoms with van der Waals surface area (Å²) in [7, 11) is 0. The number of nitrogens with zero attached hydrogens (tertiary/aromatic N) is 2. The molecule has 1 unspecified atom stereocenters. The number of carbonyl (C=O) groups excluding carboxylic acids is 1. The van der Waals surface area contributed by atoms with Crippen molar-refractivity contribution in [3.05, 3.63) is 29.6 Å². The maximum atomic E-state index is 11.9. The quantitative estimate of drug-likeness (QED) is 0.865. The van der Waals surface area contributed by atoms with E-state index in [9.17, 15) is 9.59 Å². The summed E-state index contributed by atoms with van der Waals surface area (Å²) in [5.41, 5.74) is 1.80. The number of aromatic nitrogens is 1. The number of hydrogen-bond acceptors (Lipinski definition) is 4. The van der Waals surface area contributed by atoms with Crippen LogP contribution in [0.1, 0.15) is 11.3 Å². The fourth-order valence-corrected chi connectivity index (χ4v) is 2.87. The van der Waals surface area contributed by atoms with Gasteiger partial charge in [0.05, 0.1) is 5.88 Å². The Balaban J connectivity index is 1.90. The molecule has 1 aromatic heterocycles. The standard InChI is InChI=1S/C12H15N3O3S/c1-8-2-3-9(4-13-8)5-14-12(18)15-7-19-6-10(15)11(16)17/h2-4,10H,5-7H2,1H3,(H,14,18)(H,16,17). The van der Waals surface area contributed by atoms with Crippen molar-refractivity contribution in [2.45, 2.75) is 19.5 Å². The Morgan fingerprint density at radius 3 is 3.00 bits per heavy atom. The van der Waals surface area contributed by atoms with Crippen LogP contribution in [0.4, 0.5) is 4.79 Å².